The van der Waals surface area contributed by atoms with E-state index >= 15 is 0 Å². The summed E-state index contributed by atoms with van der Waals surface area (Å²) in [5.74, 6) is 0.858. The van der Waals surface area contributed by atoms with Crippen molar-refractivity contribution in [3.05, 3.63) is 30.4 Å². The molecule has 0 aromatic carbocycles. The number of amides is 1. The van der Waals surface area contributed by atoms with Gasteiger partial charge in [-0.3, -0.25) is 4.68 Å². The predicted molar refractivity (Wildman–Crippen MR) is 148 cm³/mol. The number of aliphatic hydroxyl groups is 1. The first-order valence-electron chi connectivity index (χ1n) is 14.0. The van der Waals surface area contributed by atoms with Gasteiger partial charge in [0.1, 0.15) is 5.60 Å². The number of hydrogen-bond donors (Lipinski definition) is 2. The second-order valence-corrected chi connectivity index (χ2v) is 11.9. The van der Waals surface area contributed by atoms with Crippen LogP contribution in [0.5, 0.6) is 0 Å². The van der Waals surface area contributed by atoms with Crippen molar-refractivity contribution in [1.29, 1.82) is 0 Å². The summed E-state index contributed by atoms with van der Waals surface area (Å²) in [6.45, 7) is 9.44. The Morgan fingerprint density at radius 2 is 1.97 bits per heavy atom. The number of hydrogen-bond acceptors (Lipinski definition) is 8. The van der Waals surface area contributed by atoms with Gasteiger partial charge < -0.3 is 24.8 Å². The maximum Gasteiger partial charge on any atom is 0.410 e. The van der Waals surface area contributed by atoms with Crippen LogP contribution in [0.3, 0.4) is 0 Å². The Labute approximate surface area is 229 Å². The Hall–Kier alpha value is -3.18. The van der Waals surface area contributed by atoms with E-state index in [0.29, 0.717) is 31.6 Å². The lowest BCUT2D eigenvalue weighted by molar-refractivity contribution is 0.0288. The Morgan fingerprint density at radius 3 is 2.69 bits per heavy atom. The highest BCUT2D eigenvalue weighted by atomic mass is 16.6. The smallest absolute Gasteiger partial charge is 0.410 e. The minimum atomic E-state index is -0.516. The van der Waals surface area contributed by atoms with Gasteiger partial charge in [-0.2, -0.15) is 5.10 Å². The molecular formula is C28H41N7O4. The van der Waals surface area contributed by atoms with Crippen molar-refractivity contribution in [2.75, 3.05) is 32.1 Å². The van der Waals surface area contributed by atoms with Crippen LogP contribution in [-0.4, -0.2) is 85.0 Å². The highest BCUT2D eigenvalue weighted by molar-refractivity contribution is 5.81. The molecular weight excluding hydrogens is 498 g/mol. The molecule has 3 aromatic rings. The maximum atomic E-state index is 12.5. The zero-order chi connectivity index (χ0) is 27.7. The fraction of sp³-hybridized carbons (Fsp3) is 0.643. The molecule has 0 bridgehead atoms. The Bertz CT molecular complexity index is 1290. The molecule has 2 atom stereocenters. The van der Waals surface area contributed by atoms with Crippen molar-refractivity contribution in [2.45, 2.75) is 89.5 Å². The maximum absolute atomic E-state index is 12.5. The summed E-state index contributed by atoms with van der Waals surface area (Å²) in [5, 5.41) is 23.0. The zero-order valence-corrected chi connectivity index (χ0v) is 23.6. The molecule has 3 aromatic heterocycles. The average Bonchev–Trinajstić information content (AvgIpc) is 3.62. The molecule has 0 spiro atoms. The molecule has 1 saturated carbocycles. The number of fused-ring (bicyclic) bond motifs is 1. The number of nitrogens with zero attached hydrogens (tertiary/aromatic N) is 6. The molecule has 1 saturated heterocycles. The standard InChI is InChI=1S/C28H41N7O4/c1-18(17-38-5)31-26-29-14-25-23(12-24(35(25)32-26)19-6-8-22(36)9-7-19)20-13-30-34(15-20)21-10-11-33(16-21)27(37)39-28(2,3)4/h12-15,18-19,21-22,36H,6-11,16-17H2,1-5H3,(H,31,32)/t18-,19?,21-,22?/m0/s1. The van der Waals surface area contributed by atoms with Crippen molar-refractivity contribution >= 4 is 17.6 Å². The molecule has 0 unspecified atom stereocenters. The number of anilines is 1. The average molecular weight is 540 g/mol. The van der Waals surface area contributed by atoms with Gasteiger partial charge in [0, 0.05) is 55.2 Å². The summed E-state index contributed by atoms with van der Waals surface area (Å²) in [7, 11) is 1.68. The van der Waals surface area contributed by atoms with Crippen LogP contribution in [-0.2, 0) is 9.47 Å². The topological polar surface area (TPSA) is 119 Å². The normalized spacial score (nSPS) is 22.8. The Balaban J connectivity index is 1.41. The number of methoxy groups -OCH3 is 1. The summed E-state index contributed by atoms with van der Waals surface area (Å²) in [5.41, 5.74) is 3.55. The highest BCUT2D eigenvalue weighted by Gasteiger charge is 2.32. The molecule has 0 radical (unpaired) electrons. The third-order valence-electron chi connectivity index (χ3n) is 7.55. The first kappa shape index (κ1) is 27.4. The van der Waals surface area contributed by atoms with Crippen molar-refractivity contribution in [2.24, 2.45) is 0 Å². The first-order chi connectivity index (χ1) is 18.6. The van der Waals surface area contributed by atoms with Crippen molar-refractivity contribution in [1.82, 2.24) is 29.3 Å². The van der Waals surface area contributed by atoms with E-state index in [9.17, 15) is 9.90 Å². The molecule has 5 rings (SSSR count). The number of nitrogens with one attached hydrogen (secondary N) is 1. The number of aliphatic hydroxyl groups excluding tert-OH is 1. The first-order valence-corrected chi connectivity index (χ1v) is 14.0. The Kier molecular flexibility index (Phi) is 7.82. The van der Waals surface area contributed by atoms with Crippen LogP contribution in [0.25, 0.3) is 16.6 Å². The summed E-state index contributed by atoms with van der Waals surface area (Å²) in [4.78, 5) is 18.9. The minimum absolute atomic E-state index is 0.0700. The van der Waals surface area contributed by atoms with Crippen LogP contribution in [0, 0.1) is 0 Å². The lowest BCUT2D eigenvalue weighted by atomic mass is 9.85. The third kappa shape index (κ3) is 6.19. The molecule has 2 fully saturated rings. The van der Waals surface area contributed by atoms with Crippen LogP contribution in [0.1, 0.15) is 77.5 Å². The van der Waals surface area contributed by atoms with E-state index < -0.39 is 5.60 Å². The number of ether oxygens (including phenoxy) is 2. The number of likely N-dealkylation sites (tertiary alicyclic amines) is 1. The van der Waals surface area contributed by atoms with Gasteiger partial charge in [-0.15, -0.1) is 5.10 Å². The molecule has 2 aliphatic rings. The molecule has 1 aliphatic heterocycles. The van der Waals surface area contributed by atoms with Crippen molar-refractivity contribution in [3.63, 3.8) is 0 Å². The van der Waals surface area contributed by atoms with Gasteiger partial charge in [0.25, 0.3) is 0 Å². The van der Waals surface area contributed by atoms with E-state index in [1.165, 1.54) is 0 Å². The summed E-state index contributed by atoms with van der Waals surface area (Å²) < 4.78 is 14.8. The highest BCUT2D eigenvalue weighted by Crippen LogP contribution is 2.38. The fourth-order valence-corrected chi connectivity index (χ4v) is 5.61. The van der Waals surface area contributed by atoms with E-state index in [0.717, 1.165) is 54.4 Å². The molecule has 11 heteroatoms. The minimum Gasteiger partial charge on any atom is -0.444 e. The van der Waals surface area contributed by atoms with Gasteiger partial charge in [0.05, 0.1) is 36.7 Å². The van der Waals surface area contributed by atoms with E-state index in [1.807, 2.05) is 49.3 Å². The molecule has 11 nitrogen and oxygen atoms in total. The van der Waals surface area contributed by atoms with Crippen LogP contribution >= 0.6 is 0 Å². The number of rotatable bonds is 7. The predicted octanol–water partition coefficient (Wildman–Crippen LogP) is 4.24. The lowest BCUT2D eigenvalue weighted by Gasteiger charge is -2.25. The van der Waals surface area contributed by atoms with E-state index in [1.54, 1.807) is 12.0 Å². The fourth-order valence-electron chi connectivity index (χ4n) is 5.61. The third-order valence-corrected chi connectivity index (χ3v) is 7.55. The van der Waals surface area contributed by atoms with E-state index in [-0.39, 0.29) is 24.3 Å². The van der Waals surface area contributed by atoms with E-state index in [4.69, 9.17) is 14.6 Å². The molecule has 212 valence electrons. The second-order valence-electron chi connectivity index (χ2n) is 11.9. The van der Waals surface area contributed by atoms with Gasteiger partial charge in [0.2, 0.25) is 5.95 Å². The van der Waals surface area contributed by atoms with Gasteiger partial charge in [0.15, 0.2) is 0 Å². The van der Waals surface area contributed by atoms with E-state index in [2.05, 4.69) is 27.7 Å². The molecule has 2 N–H and O–H groups in total. The number of carbonyl (C=O) groups is 1. The van der Waals surface area contributed by atoms with Crippen LogP contribution in [0.4, 0.5) is 10.7 Å². The SMILES string of the molecule is COC[C@H](C)Nc1ncc2c(-c3cnn([C@H]4CCN(C(=O)OC(C)(C)C)C4)c3)cc(C3CCC(O)CC3)n2n1. The summed E-state index contributed by atoms with van der Waals surface area (Å²) in [6.07, 6.45) is 9.55. The largest absolute Gasteiger partial charge is 0.444 e. The quantitative estimate of drug-likeness (QED) is 0.458. The zero-order valence-electron chi connectivity index (χ0n) is 23.6. The van der Waals surface area contributed by atoms with Gasteiger partial charge in [-0.05, 0) is 65.9 Å². The number of aromatic nitrogens is 5. The van der Waals surface area contributed by atoms with Gasteiger partial charge in [-0.1, -0.05) is 0 Å². The molecule has 1 amide bonds. The monoisotopic (exact) mass is 539 g/mol. The van der Waals surface area contributed by atoms with Crippen molar-refractivity contribution in [3.8, 4) is 11.1 Å². The van der Waals surface area contributed by atoms with Crippen LogP contribution in [0.15, 0.2) is 24.7 Å². The second kappa shape index (κ2) is 11.1. The van der Waals surface area contributed by atoms with Crippen molar-refractivity contribution < 1.29 is 19.4 Å². The van der Waals surface area contributed by atoms with Gasteiger partial charge >= 0.3 is 6.09 Å². The Morgan fingerprint density at radius 1 is 1.21 bits per heavy atom. The molecule has 1 aliphatic carbocycles. The van der Waals surface area contributed by atoms with Gasteiger partial charge in [-0.25, -0.2) is 14.3 Å². The molecule has 4 heterocycles. The lowest BCUT2D eigenvalue weighted by Crippen LogP contribution is -2.35. The number of carbonyl (C=O) groups excluding carboxylic acids is 1. The van der Waals surface area contributed by atoms with Crippen LogP contribution in [0.2, 0.25) is 0 Å². The summed E-state index contributed by atoms with van der Waals surface area (Å²) in [6, 6.07) is 2.37. The van der Waals surface area contributed by atoms with Crippen LogP contribution < -0.4 is 5.32 Å². The molecule has 39 heavy (non-hydrogen) atoms. The summed E-state index contributed by atoms with van der Waals surface area (Å²) >= 11 is 0.